The summed E-state index contributed by atoms with van der Waals surface area (Å²) in [6.45, 7) is 1.17. The molecule has 3 nitrogen and oxygen atoms in total. The molecule has 1 aromatic carbocycles. The molecule has 0 aliphatic heterocycles. The summed E-state index contributed by atoms with van der Waals surface area (Å²) < 4.78 is 70.4. The van der Waals surface area contributed by atoms with E-state index in [1.165, 1.54) is 6.92 Å². The maximum Gasteiger partial charge on any atom is 0.416 e. The van der Waals surface area contributed by atoms with Crippen molar-refractivity contribution in [2.45, 2.75) is 25.3 Å². The van der Waals surface area contributed by atoms with E-state index in [0.717, 1.165) is 0 Å². The van der Waals surface area contributed by atoms with Crippen LogP contribution in [0.5, 0.6) is 0 Å². The highest BCUT2D eigenvalue weighted by Gasteiger charge is 2.40. The number of carbonyl (C=O) groups is 1. The molecule has 21 heavy (non-hydrogen) atoms. The summed E-state index contributed by atoms with van der Waals surface area (Å²) in [5.41, 5.74) is 2.55. The zero-order valence-corrected chi connectivity index (χ0v) is 11.4. The fourth-order valence-electron chi connectivity index (χ4n) is 1.65. The molecule has 0 aliphatic carbocycles. The summed E-state index contributed by atoms with van der Waals surface area (Å²) in [6.07, 6.45) is -7.63. The second kappa shape index (κ2) is 6.57. The van der Waals surface area contributed by atoms with Gasteiger partial charge in [0.2, 0.25) is 6.17 Å². The molecule has 0 aliphatic rings. The van der Waals surface area contributed by atoms with Crippen LogP contribution in [0.15, 0.2) is 12.1 Å². The van der Waals surface area contributed by atoms with Crippen LogP contribution in [0.2, 0.25) is 5.02 Å². The first-order valence-corrected chi connectivity index (χ1v) is 6.10. The third kappa shape index (κ3) is 3.82. The third-order valence-electron chi connectivity index (χ3n) is 2.60. The lowest BCUT2D eigenvalue weighted by Gasteiger charge is -2.21. The Morgan fingerprint density at radius 1 is 1.43 bits per heavy atom. The number of benzene rings is 1. The third-order valence-corrected chi connectivity index (χ3v) is 2.89. The van der Waals surface area contributed by atoms with Gasteiger partial charge in [0.15, 0.2) is 0 Å². The van der Waals surface area contributed by atoms with Gasteiger partial charge in [-0.25, -0.2) is 13.6 Å². The topological polar surface area (TPSA) is 52.3 Å². The van der Waals surface area contributed by atoms with Crippen LogP contribution in [0.4, 0.5) is 22.0 Å². The smallest absolute Gasteiger partial charge is 0.416 e. The van der Waals surface area contributed by atoms with Gasteiger partial charge in [-0.05, 0) is 19.1 Å². The van der Waals surface area contributed by atoms with E-state index in [2.05, 4.69) is 4.74 Å². The van der Waals surface area contributed by atoms with Crippen LogP contribution in [0.25, 0.3) is 0 Å². The summed E-state index contributed by atoms with van der Waals surface area (Å²) >= 11 is 5.39. The van der Waals surface area contributed by atoms with Crippen LogP contribution in [-0.4, -0.2) is 18.7 Å². The molecular weight excluding hydrogens is 321 g/mol. The molecule has 118 valence electrons. The van der Waals surface area contributed by atoms with Crippen LogP contribution < -0.4 is 5.73 Å². The van der Waals surface area contributed by atoms with Crippen molar-refractivity contribution in [3.05, 3.63) is 34.1 Å². The first-order chi connectivity index (χ1) is 9.61. The van der Waals surface area contributed by atoms with Gasteiger partial charge >= 0.3 is 12.1 Å². The zero-order valence-electron chi connectivity index (χ0n) is 10.7. The Hall–Kier alpha value is -1.41. The first kappa shape index (κ1) is 17.6. The minimum atomic E-state index is -4.98. The molecule has 0 spiro atoms. The van der Waals surface area contributed by atoms with E-state index in [-0.39, 0.29) is 6.61 Å². The van der Waals surface area contributed by atoms with Gasteiger partial charge in [0, 0.05) is 5.56 Å². The molecule has 2 atom stereocenters. The Bertz CT molecular complexity index is 535. The molecule has 0 heterocycles. The molecule has 0 aromatic heterocycles. The summed E-state index contributed by atoms with van der Waals surface area (Å²) in [7, 11) is 0. The standard InChI is InChI=1S/C12H11ClF5NO2/c1-2-21-11(20)9(15)10(19)7-5(12(16,17)18)3-4-6(13)8(7)14/h3-4,9-10H,2,19H2,1H3/t9?,10-/m0/s1. The maximum absolute atomic E-state index is 13.8. The number of ether oxygens (including phenoxy) is 1. The van der Waals surface area contributed by atoms with E-state index >= 15 is 0 Å². The number of alkyl halides is 4. The molecule has 0 amide bonds. The van der Waals surface area contributed by atoms with Crippen molar-refractivity contribution in [1.82, 2.24) is 0 Å². The van der Waals surface area contributed by atoms with Crippen LogP contribution >= 0.6 is 11.6 Å². The van der Waals surface area contributed by atoms with Gasteiger partial charge in [0.05, 0.1) is 23.2 Å². The quantitative estimate of drug-likeness (QED) is 0.679. The highest BCUT2D eigenvalue weighted by atomic mass is 35.5. The number of rotatable bonds is 4. The van der Waals surface area contributed by atoms with Crippen molar-refractivity contribution in [2.75, 3.05) is 6.61 Å². The van der Waals surface area contributed by atoms with Gasteiger partial charge in [0.1, 0.15) is 5.82 Å². The fourth-order valence-corrected chi connectivity index (χ4v) is 1.82. The molecule has 1 unspecified atom stereocenters. The van der Waals surface area contributed by atoms with Gasteiger partial charge in [-0.15, -0.1) is 0 Å². The van der Waals surface area contributed by atoms with E-state index in [0.29, 0.717) is 12.1 Å². The zero-order chi connectivity index (χ0) is 16.4. The van der Waals surface area contributed by atoms with Crippen molar-refractivity contribution in [2.24, 2.45) is 5.73 Å². The summed E-state index contributed by atoms with van der Waals surface area (Å²) in [5, 5.41) is -0.662. The largest absolute Gasteiger partial charge is 0.464 e. The predicted molar refractivity (Wildman–Crippen MR) is 64.9 cm³/mol. The van der Waals surface area contributed by atoms with E-state index < -0.39 is 46.3 Å². The molecule has 1 rings (SSSR count). The lowest BCUT2D eigenvalue weighted by molar-refractivity contribution is -0.150. The highest BCUT2D eigenvalue weighted by molar-refractivity contribution is 6.30. The Balaban J connectivity index is 3.33. The summed E-state index contributed by atoms with van der Waals surface area (Å²) in [6, 6.07) is -1.05. The SMILES string of the molecule is CCOC(=O)C(F)[C@@H](N)c1c(C(F)(F)F)ccc(Cl)c1F. The van der Waals surface area contributed by atoms with Crippen LogP contribution in [0, 0.1) is 5.82 Å². The van der Waals surface area contributed by atoms with E-state index in [1.807, 2.05) is 0 Å². The van der Waals surface area contributed by atoms with Gasteiger partial charge in [-0.1, -0.05) is 11.6 Å². The molecular formula is C12H11ClF5NO2. The lowest BCUT2D eigenvalue weighted by Crippen LogP contribution is -2.34. The first-order valence-electron chi connectivity index (χ1n) is 5.72. The average molecular weight is 332 g/mol. The molecule has 2 N–H and O–H groups in total. The second-order valence-electron chi connectivity index (χ2n) is 4.00. The summed E-state index contributed by atoms with van der Waals surface area (Å²) in [5.74, 6) is -3.00. The van der Waals surface area contributed by atoms with Crippen molar-refractivity contribution in [1.29, 1.82) is 0 Å². The minimum Gasteiger partial charge on any atom is -0.464 e. The Morgan fingerprint density at radius 2 is 2.00 bits per heavy atom. The fraction of sp³-hybridized carbons (Fsp3) is 0.417. The molecule has 0 saturated carbocycles. The lowest BCUT2D eigenvalue weighted by atomic mass is 9.96. The molecule has 0 bridgehead atoms. The number of halogens is 6. The number of esters is 1. The Morgan fingerprint density at radius 3 is 2.48 bits per heavy atom. The van der Waals surface area contributed by atoms with E-state index in [4.69, 9.17) is 17.3 Å². The predicted octanol–water partition coefficient (Wildman–Crippen LogP) is 3.40. The van der Waals surface area contributed by atoms with E-state index in [9.17, 15) is 26.7 Å². The van der Waals surface area contributed by atoms with Crippen LogP contribution in [0.1, 0.15) is 24.1 Å². The highest BCUT2D eigenvalue weighted by Crippen LogP contribution is 2.38. The number of hydrogen-bond donors (Lipinski definition) is 1. The Labute approximate surface area is 121 Å². The monoisotopic (exact) mass is 331 g/mol. The second-order valence-corrected chi connectivity index (χ2v) is 4.41. The maximum atomic E-state index is 13.8. The van der Waals surface area contributed by atoms with Crippen LogP contribution in [0.3, 0.4) is 0 Å². The van der Waals surface area contributed by atoms with Gasteiger partial charge < -0.3 is 10.5 Å². The number of hydrogen-bond acceptors (Lipinski definition) is 3. The van der Waals surface area contributed by atoms with Crippen LogP contribution in [-0.2, 0) is 15.7 Å². The minimum absolute atomic E-state index is 0.198. The molecule has 0 radical (unpaired) electrons. The molecule has 0 fully saturated rings. The molecule has 0 saturated heterocycles. The number of carbonyl (C=O) groups excluding carboxylic acids is 1. The van der Waals surface area contributed by atoms with Crippen molar-refractivity contribution >= 4 is 17.6 Å². The van der Waals surface area contributed by atoms with Crippen molar-refractivity contribution < 1.29 is 31.5 Å². The van der Waals surface area contributed by atoms with Gasteiger partial charge in [0.25, 0.3) is 0 Å². The van der Waals surface area contributed by atoms with Crippen molar-refractivity contribution in [3.8, 4) is 0 Å². The van der Waals surface area contributed by atoms with E-state index in [1.54, 1.807) is 0 Å². The number of nitrogens with two attached hydrogens (primary N) is 1. The van der Waals surface area contributed by atoms with Crippen molar-refractivity contribution in [3.63, 3.8) is 0 Å². The van der Waals surface area contributed by atoms with Gasteiger partial charge in [-0.2, -0.15) is 13.2 Å². The summed E-state index contributed by atoms with van der Waals surface area (Å²) in [4.78, 5) is 11.2. The normalized spacial score (nSPS) is 14.7. The Kier molecular flexibility index (Phi) is 5.52. The van der Waals surface area contributed by atoms with Gasteiger partial charge in [-0.3, -0.25) is 0 Å². The molecule has 9 heteroatoms. The average Bonchev–Trinajstić information content (AvgIpc) is 2.39. The molecule has 1 aromatic rings.